The summed E-state index contributed by atoms with van der Waals surface area (Å²) in [6, 6.07) is 5.79. The predicted molar refractivity (Wildman–Crippen MR) is 78.2 cm³/mol. The van der Waals surface area contributed by atoms with Gasteiger partial charge in [0.1, 0.15) is 11.6 Å². The number of aryl methyl sites for hydroxylation is 1. The van der Waals surface area contributed by atoms with E-state index >= 15 is 0 Å². The molecule has 0 fully saturated rings. The van der Waals surface area contributed by atoms with E-state index in [0.717, 1.165) is 0 Å². The van der Waals surface area contributed by atoms with Gasteiger partial charge in [-0.2, -0.15) is 0 Å². The number of benzene rings is 1. The summed E-state index contributed by atoms with van der Waals surface area (Å²) in [5, 5.41) is 0. The SMILES string of the molecule is CC(C)c1nc2c(ncn2C)c(=O)n1-c1ccc(F)cc1. The number of nitrogens with zero attached hydrogens (tertiary/aromatic N) is 4. The number of rotatable bonds is 2. The van der Waals surface area contributed by atoms with Gasteiger partial charge in [-0.1, -0.05) is 13.8 Å². The molecule has 3 rings (SSSR count). The molecule has 0 aliphatic carbocycles. The number of fused-ring (bicyclic) bond motifs is 1. The second-order valence-corrected chi connectivity index (χ2v) is 5.27. The highest BCUT2D eigenvalue weighted by Crippen LogP contribution is 2.18. The van der Waals surface area contributed by atoms with Gasteiger partial charge in [0.15, 0.2) is 11.2 Å². The lowest BCUT2D eigenvalue weighted by Crippen LogP contribution is -2.25. The van der Waals surface area contributed by atoms with Crippen LogP contribution in [0, 0.1) is 5.82 Å². The van der Waals surface area contributed by atoms with Crippen molar-refractivity contribution < 1.29 is 4.39 Å². The normalized spacial score (nSPS) is 11.5. The van der Waals surface area contributed by atoms with E-state index in [0.29, 0.717) is 22.7 Å². The van der Waals surface area contributed by atoms with Crippen molar-refractivity contribution in [2.24, 2.45) is 7.05 Å². The van der Waals surface area contributed by atoms with Crippen LogP contribution >= 0.6 is 0 Å². The first-order chi connectivity index (χ1) is 9.99. The molecule has 21 heavy (non-hydrogen) atoms. The van der Waals surface area contributed by atoms with E-state index in [1.54, 1.807) is 30.1 Å². The number of halogens is 1. The molecule has 0 unspecified atom stereocenters. The van der Waals surface area contributed by atoms with Crippen molar-refractivity contribution in [1.29, 1.82) is 0 Å². The first-order valence-electron chi connectivity index (χ1n) is 6.69. The van der Waals surface area contributed by atoms with Gasteiger partial charge < -0.3 is 4.57 Å². The molecule has 0 amide bonds. The van der Waals surface area contributed by atoms with Gasteiger partial charge in [0.25, 0.3) is 5.56 Å². The molecule has 1 aromatic carbocycles. The molecular formula is C15H15FN4O. The molecule has 5 nitrogen and oxygen atoms in total. The molecule has 3 aromatic rings. The Hall–Kier alpha value is -2.50. The van der Waals surface area contributed by atoms with Gasteiger partial charge in [0, 0.05) is 13.0 Å². The molecule has 0 aliphatic heterocycles. The van der Waals surface area contributed by atoms with E-state index in [1.807, 2.05) is 13.8 Å². The highest BCUT2D eigenvalue weighted by atomic mass is 19.1. The number of aromatic nitrogens is 4. The van der Waals surface area contributed by atoms with Gasteiger partial charge in [-0.3, -0.25) is 9.36 Å². The largest absolute Gasteiger partial charge is 0.318 e. The van der Waals surface area contributed by atoms with Crippen LogP contribution in [0.2, 0.25) is 0 Å². The van der Waals surface area contributed by atoms with Gasteiger partial charge in [-0.05, 0) is 24.3 Å². The minimum atomic E-state index is -0.343. The topological polar surface area (TPSA) is 52.7 Å². The minimum absolute atomic E-state index is 0.0436. The van der Waals surface area contributed by atoms with Gasteiger partial charge >= 0.3 is 0 Å². The summed E-state index contributed by atoms with van der Waals surface area (Å²) in [4.78, 5) is 21.4. The quantitative estimate of drug-likeness (QED) is 0.727. The molecule has 0 atom stereocenters. The van der Waals surface area contributed by atoms with Crippen LogP contribution in [0.4, 0.5) is 4.39 Å². The molecule has 2 aromatic heterocycles. The molecule has 0 N–H and O–H groups in total. The third kappa shape index (κ3) is 2.12. The van der Waals surface area contributed by atoms with E-state index in [-0.39, 0.29) is 17.3 Å². The Balaban J connectivity index is 2.39. The summed E-state index contributed by atoms with van der Waals surface area (Å²) >= 11 is 0. The molecule has 0 aliphatic rings. The summed E-state index contributed by atoms with van der Waals surface area (Å²) in [6.45, 7) is 3.92. The van der Waals surface area contributed by atoms with Crippen LogP contribution in [0.3, 0.4) is 0 Å². The van der Waals surface area contributed by atoms with Crippen molar-refractivity contribution >= 4 is 11.2 Å². The van der Waals surface area contributed by atoms with E-state index < -0.39 is 0 Å². The van der Waals surface area contributed by atoms with Crippen LogP contribution in [-0.4, -0.2) is 19.1 Å². The average molecular weight is 286 g/mol. The lowest BCUT2D eigenvalue weighted by molar-refractivity contribution is 0.626. The fraction of sp³-hybridized carbons (Fsp3) is 0.267. The van der Waals surface area contributed by atoms with E-state index in [1.165, 1.54) is 16.7 Å². The molecule has 0 saturated carbocycles. The molecule has 6 heteroatoms. The molecule has 0 spiro atoms. The Morgan fingerprint density at radius 3 is 2.48 bits per heavy atom. The standard InChI is InChI=1S/C15H15FN4O/c1-9(2)13-18-14-12(17-8-19(14)3)15(21)20(13)11-6-4-10(16)5-7-11/h4-9H,1-3H3. The molecular weight excluding hydrogens is 271 g/mol. The number of imidazole rings is 1. The maximum atomic E-state index is 13.1. The van der Waals surface area contributed by atoms with Crippen molar-refractivity contribution in [3.05, 3.63) is 52.6 Å². The van der Waals surface area contributed by atoms with E-state index in [4.69, 9.17) is 0 Å². The van der Waals surface area contributed by atoms with Crippen LogP contribution in [0.15, 0.2) is 35.4 Å². The molecule has 108 valence electrons. The third-order valence-electron chi connectivity index (χ3n) is 3.36. The zero-order valence-electron chi connectivity index (χ0n) is 12.0. The van der Waals surface area contributed by atoms with Crippen LogP contribution < -0.4 is 5.56 Å². The minimum Gasteiger partial charge on any atom is -0.318 e. The average Bonchev–Trinajstić information content (AvgIpc) is 2.82. The van der Waals surface area contributed by atoms with Gasteiger partial charge in [0.2, 0.25) is 0 Å². The van der Waals surface area contributed by atoms with E-state index in [9.17, 15) is 9.18 Å². The van der Waals surface area contributed by atoms with Crippen molar-refractivity contribution in [3.8, 4) is 5.69 Å². The van der Waals surface area contributed by atoms with Gasteiger partial charge in [-0.25, -0.2) is 14.4 Å². The van der Waals surface area contributed by atoms with Gasteiger partial charge in [-0.15, -0.1) is 0 Å². The second kappa shape index (κ2) is 4.80. The molecule has 2 heterocycles. The van der Waals surface area contributed by atoms with Crippen molar-refractivity contribution in [1.82, 2.24) is 19.1 Å². The number of hydrogen-bond donors (Lipinski definition) is 0. The lowest BCUT2D eigenvalue weighted by atomic mass is 10.2. The summed E-state index contributed by atoms with van der Waals surface area (Å²) < 4.78 is 16.3. The third-order valence-corrected chi connectivity index (χ3v) is 3.36. The van der Waals surface area contributed by atoms with Crippen LogP contribution in [0.1, 0.15) is 25.6 Å². The zero-order valence-corrected chi connectivity index (χ0v) is 12.0. The summed E-state index contributed by atoms with van der Waals surface area (Å²) in [5.74, 6) is 0.328. The highest BCUT2D eigenvalue weighted by molar-refractivity contribution is 5.70. The Bertz CT molecular complexity index is 862. The highest BCUT2D eigenvalue weighted by Gasteiger charge is 2.17. The van der Waals surface area contributed by atoms with Crippen LogP contribution in [0.5, 0.6) is 0 Å². The predicted octanol–water partition coefficient (Wildman–Crippen LogP) is 2.38. The molecule has 0 saturated heterocycles. The first kappa shape index (κ1) is 13.5. The lowest BCUT2D eigenvalue weighted by Gasteiger charge is -2.14. The van der Waals surface area contributed by atoms with Gasteiger partial charge in [0.05, 0.1) is 12.0 Å². The molecule has 0 radical (unpaired) electrons. The Morgan fingerprint density at radius 2 is 1.86 bits per heavy atom. The summed E-state index contributed by atoms with van der Waals surface area (Å²) in [5.41, 5.74) is 1.22. The Kier molecular flexibility index (Phi) is 3.08. The zero-order chi connectivity index (χ0) is 15.1. The Labute approximate surface area is 120 Å². The summed E-state index contributed by atoms with van der Waals surface area (Å²) in [7, 11) is 1.80. The Morgan fingerprint density at radius 1 is 1.19 bits per heavy atom. The monoisotopic (exact) mass is 286 g/mol. The van der Waals surface area contributed by atoms with Crippen LogP contribution in [-0.2, 0) is 7.05 Å². The smallest absolute Gasteiger partial charge is 0.286 e. The summed E-state index contributed by atoms with van der Waals surface area (Å²) in [6.07, 6.45) is 1.57. The number of hydrogen-bond acceptors (Lipinski definition) is 3. The second-order valence-electron chi connectivity index (χ2n) is 5.27. The maximum Gasteiger partial charge on any atom is 0.286 e. The molecule has 0 bridgehead atoms. The van der Waals surface area contributed by atoms with Crippen molar-refractivity contribution in [2.45, 2.75) is 19.8 Å². The fourth-order valence-corrected chi connectivity index (χ4v) is 2.30. The van der Waals surface area contributed by atoms with Crippen LogP contribution in [0.25, 0.3) is 16.9 Å². The first-order valence-corrected chi connectivity index (χ1v) is 6.69. The fourth-order valence-electron chi connectivity index (χ4n) is 2.30. The maximum absolute atomic E-state index is 13.1. The van der Waals surface area contributed by atoms with Crippen molar-refractivity contribution in [2.75, 3.05) is 0 Å². The van der Waals surface area contributed by atoms with E-state index in [2.05, 4.69) is 9.97 Å². The van der Waals surface area contributed by atoms with Crippen molar-refractivity contribution in [3.63, 3.8) is 0 Å².